The van der Waals surface area contributed by atoms with Crippen LogP contribution in [0.5, 0.6) is 0 Å². The molecular weight excluding hydrogens is 348 g/mol. The molecule has 0 saturated carbocycles. The molecule has 0 aromatic carbocycles. The third-order valence-electron chi connectivity index (χ3n) is 3.12. The van der Waals surface area contributed by atoms with Crippen molar-refractivity contribution in [3.8, 4) is 0 Å². The van der Waals surface area contributed by atoms with Crippen molar-refractivity contribution >= 4 is 29.8 Å². The molecule has 1 atom stereocenters. The zero-order valence-electron chi connectivity index (χ0n) is 14.9. The minimum Gasteiger partial charge on any atom is -0.481 e. The molecule has 11 nitrogen and oxygen atoms in total. The molecule has 0 aromatic heterocycles. The summed E-state index contributed by atoms with van der Waals surface area (Å²) in [6, 6.07) is -0.418. The number of ether oxygens (including phenoxy) is 1. The van der Waals surface area contributed by atoms with E-state index in [0.717, 1.165) is 13.0 Å². The molecule has 2 aliphatic rings. The molecule has 2 rings (SSSR count). The number of hydrogen-bond donors (Lipinski definition) is 5. The molecule has 11 heteroatoms. The van der Waals surface area contributed by atoms with Crippen LogP contribution >= 0.6 is 0 Å². The molecule has 0 radical (unpaired) electrons. The van der Waals surface area contributed by atoms with Crippen molar-refractivity contribution in [2.45, 2.75) is 38.6 Å². The van der Waals surface area contributed by atoms with Gasteiger partial charge in [-0.1, -0.05) is 0 Å². The highest BCUT2D eigenvalue weighted by atomic mass is 16.6. The summed E-state index contributed by atoms with van der Waals surface area (Å²) in [7, 11) is 1.69. The Labute approximate surface area is 151 Å². The lowest BCUT2D eigenvalue weighted by Crippen LogP contribution is -2.33. The number of esters is 2. The number of nitrogens with one attached hydrogen (secondary N) is 3. The van der Waals surface area contributed by atoms with E-state index in [1.807, 2.05) is 0 Å². The number of hydrogen-bond acceptors (Lipinski definition) is 8. The number of carboxylic acid groups (broad SMARTS) is 1. The van der Waals surface area contributed by atoms with E-state index in [4.69, 9.17) is 15.6 Å². The second-order valence-electron chi connectivity index (χ2n) is 5.40. The van der Waals surface area contributed by atoms with E-state index >= 15 is 0 Å². The molecule has 2 saturated heterocycles. The topological polar surface area (TPSA) is 169 Å². The van der Waals surface area contributed by atoms with Crippen LogP contribution in [-0.2, 0) is 23.9 Å². The van der Waals surface area contributed by atoms with Crippen LogP contribution in [0.15, 0.2) is 0 Å². The second-order valence-corrected chi connectivity index (χ2v) is 5.40. The Balaban J connectivity index is 0.000000474. The molecule has 0 spiro atoms. The fraction of sp³-hybridized carbons (Fsp3) is 0.667. The molecule has 1 amide bonds. The quantitative estimate of drug-likeness (QED) is 0.295. The summed E-state index contributed by atoms with van der Waals surface area (Å²) in [5.74, 6) is -2.38. The molecule has 0 bridgehead atoms. The first-order valence-electron chi connectivity index (χ1n) is 8.11. The zero-order chi connectivity index (χ0) is 20.1. The van der Waals surface area contributed by atoms with Crippen molar-refractivity contribution in [1.29, 1.82) is 5.41 Å². The van der Waals surface area contributed by atoms with Gasteiger partial charge in [0, 0.05) is 13.7 Å². The maximum absolute atomic E-state index is 11.2. The fourth-order valence-electron chi connectivity index (χ4n) is 1.89. The van der Waals surface area contributed by atoms with Crippen LogP contribution in [0.3, 0.4) is 0 Å². The predicted molar refractivity (Wildman–Crippen MR) is 90.3 cm³/mol. The lowest BCUT2D eigenvalue weighted by molar-refractivity contribution is -0.162. The predicted octanol–water partition coefficient (Wildman–Crippen LogP) is -1.35. The third kappa shape index (κ3) is 10.4. The number of aliphatic hydroxyl groups is 1. The minimum atomic E-state index is -1.08. The Morgan fingerprint density at radius 1 is 1.35 bits per heavy atom. The van der Waals surface area contributed by atoms with E-state index in [-0.39, 0.29) is 31.3 Å². The molecule has 26 heavy (non-hydrogen) atoms. The SMILES string of the molecule is CCO.CN1CC(=O)NC1=N.O=C(O)CCC(=O)OC(=O)[C@@H]1CCCN1. The first-order chi connectivity index (χ1) is 12.2. The van der Waals surface area contributed by atoms with Gasteiger partial charge in [-0.25, -0.2) is 4.79 Å². The standard InChI is InChI=1S/C9H13NO5.C4H7N3O.C2H6O/c11-7(12)3-4-8(13)15-9(14)6-2-1-5-10-6;1-7-2-3(8)6-4(7)5;1-2-3/h6,10H,1-5H2,(H,11,12);2H2,1H3,(H2,5,6,8);3H,2H2,1H3/t6-;;/m0../s1. The van der Waals surface area contributed by atoms with Gasteiger partial charge < -0.3 is 25.2 Å². The Morgan fingerprint density at radius 2 is 1.96 bits per heavy atom. The highest BCUT2D eigenvalue weighted by molar-refractivity contribution is 6.02. The highest BCUT2D eigenvalue weighted by Crippen LogP contribution is 2.07. The van der Waals surface area contributed by atoms with Crippen molar-refractivity contribution in [2.75, 3.05) is 26.7 Å². The van der Waals surface area contributed by atoms with Gasteiger partial charge in [-0.15, -0.1) is 0 Å². The third-order valence-corrected chi connectivity index (χ3v) is 3.12. The molecule has 0 aliphatic carbocycles. The Morgan fingerprint density at radius 3 is 2.31 bits per heavy atom. The smallest absolute Gasteiger partial charge is 0.330 e. The average molecular weight is 374 g/mol. The van der Waals surface area contributed by atoms with Gasteiger partial charge in [0.25, 0.3) is 0 Å². The van der Waals surface area contributed by atoms with Crippen LogP contribution in [0.2, 0.25) is 0 Å². The van der Waals surface area contributed by atoms with E-state index in [9.17, 15) is 19.2 Å². The monoisotopic (exact) mass is 374 g/mol. The van der Waals surface area contributed by atoms with Crippen LogP contribution in [0.4, 0.5) is 0 Å². The number of aliphatic hydroxyl groups excluding tert-OH is 1. The molecule has 0 aromatic rings. The minimum absolute atomic E-state index is 0.0995. The van der Waals surface area contributed by atoms with Gasteiger partial charge in [-0.3, -0.25) is 25.1 Å². The summed E-state index contributed by atoms with van der Waals surface area (Å²) >= 11 is 0. The molecule has 2 heterocycles. The van der Waals surface area contributed by atoms with Crippen LogP contribution < -0.4 is 10.6 Å². The normalized spacial score (nSPS) is 18.1. The number of nitrogens with zero attached hydrogens (tertiary/aromatic N) is 1. The fourth-order valence-corrected chi connectivity index (χ4v) is 1.89. The molecule has 148 valence electrons. The number of rotatable bonds is 4. The van der Waals surface area contributed by atoms with Gasteiger partial charge >= 0.3 is 17.9 Å². The Bertz CT molecular complexity index is 518. The van der Waals surface area contributed by atoms with E-state index in [0.29, 0.717) is 13.0 Å². The van der Waals surface area contributed by atoms with Crippen molar-refractivity contribution in [1.82, 2.24) is 15.5 Å². The number of amides is 1. The van der Waals surface area contributed by atoms with E-state index in [1.54, 1.807) is 18.9 Å². The summed E-state index contributed by atoms with van der Waals surface area (Å²) in [6.07, 6.45) is 0.951. The van der Waals surface area contributed by atoms with Gasteiger partial charge in [0.1, 0.15) is 6.04 Å². The first-order valence-corrected chi connectivity index (χ1v) is 8.11. The van der Waals surface area contributed by atoms with E-state index in [1.165, 1.54) is 0 Å². The van der Waals surface area contributed by atoms with E-state index in [2.05, 4.69) is 15.4 Å². The summed E-state index contributed by atoms with van der Waals surface area (Å²) < 4.78 is 4.48. The van der Waals surface area contributed by atoms with Crippen molar-refractivity contribution in [2.24, 2.45) is 0 Å². The maximum atomic E-state index is 11.2. The Hall–Kier alpha value is -2.53. The van der Waals surface area contributed by atoms with Gasteiger partial charge in [-0.2, -0.15) is 0 Å². The van der Waals surface area contributed by atoms with Gasteiger partial charge in [0.2, 0.25) is 5.91 Å². The van der Waals surface area contributed by atoms with E-state index < -0.39 is 23.9 Å². The van der Waals surface area contributed by atoms with Crippen molar-refractivity contribution in [3.63, 3.8) is 0 Å². The molecule has 2 aliphatic heterocycles. The summed E-state index contributed by atoms with van der Waals surface area (Å²) in [5, 5.41) is 28.1. The summed E-state index contributed by atoms with van der Waals surface area (Å²) in [4.78, 5) is 44.3. The van der Waals surface area contributed by atoms with Gasteiger partial charge in [-0.05, 0) is 26.3 Å². The summed E-state index contributed by atoms with van der Waals surface area (Å²) in [5.41, 5.74) is 0. The number of aliphatic carboxylic acids is 1. The van der Waals surface area contributed by atoms with Gasteiger partial charge in [0.05, 0.1) is 19.4 Å². The lowest BCUT2D eigenvalue weighted by atomic mass is 10.2. The summed E-state index contributed by atoms with van der Waals surface area (Å²) in [6.45, 7) is 2.99. The molecular formula is C15H26N4O7. The second kappa shape index (κ2) is 12.8. The number of likely N-dealkylation sites (N-methyl/N-ethyl adjacent to an activating group) is 1. The Kier molecular flexibility index (Phi) is 11.5. The highest BCUT2D eigenvalue weighted by Gasteiger charge is 2.25. The van der Waals surface area contributed by atoms with Crippen LogP contribution in [0, 0.1) is 5.41 Å². The van der Waals surface area contributed by atoms with Crippen LogP contribution in [0.1, 0.15) is 32.6 Å². The number of carbonyl (C=O) groups is 4. The first kappa shape index (κ1) is 23.5. The number of carboxylic acids is 1. The molecule has 5 N–H and O–H groups in total. The lowest BCUT2D eigenvalue weighted by Gasteiger charge is -2.07. The maximum Gasteiger partial charge on any atom is 0.330 e. The number of carbonyl (C=O) groups excluding carboxylic acids is 3. The van der Waals surface area contributed by atoms with Crippen LogP contribution in [-0.4, -0.2) is 77.7 Å². The zero-order valence-corrected chi connectivity index (χ0v) is 14.9. The molecule has 2 fully saturated rings. The average Bonchev–Trinajstić information content (AvgIpc) is 3.17. The van der Waals surface area contributed by atoms with Crippen molar-refractivity contribution < 1.29 is 34.1 Å². The van der Waals surface area contributed by atoms with Gasteiger partial charge in [0.15, 0.2) is 5.96 Å². The number of guanidine groups is 1. The largest absolute Gasteiger partial charge is 0.481 e. The van der Waals surface area contributed by atoms with Crippen molar-refractivity contribution in [3.05, 3.63) is 0 Å². The molecule has 0 unspecified atom stereocenters. The van der Waals surface area contributed by atoms with Crippen LogP contribution in [0.25, 0.3) is 0 Å².